The van der Waals surface area contributed by atoms with E-state index < -0.39 is 27.7 Å². The summed E-state index contributed by atoms with van der Waals surface area (Å²) in [7, 11) is -4.33. The van der Waals surface area contributed by atoms with Crippen LogP contribution in [-0.4, -0.2) is 35.6 Å². The molecule has 1 aliphatic heterocycles. The van der Waals surface area contributed by atoms with Gasteiger partial charge in [0.1, 0.15) is 10.7 Å². The van der Waals surface area contributed by atoms with Gasteiger partial charge in [0.2, 0.25) is 11.8 Å². The second kappa shape index (κ2) is 4.22. The lowest BCUT2D eigenvalue weighted by atomic mass is 9.95. The summed E-state index contributed by atoms with van der Waals surface area (Å²) in [4.78, 5) is -0.286. The van der Waals surface area contributed by atoms with Gasteiger partial charge in [0, 0.05) is 23.0 Å². The van der Waals surface area contributed by atoms with Crippen molar-refractivity contribution in [2.45, 2.75) is 35.4 Å². The minimum Gasteiger partial charge on any atom is -0.492 e. The van der Waals surface area contributed by atoms with E-state index in [0.29, 0.717) is 15.9 Å². The van der Waals surface area contributed by atoms with Crippen LogP contribution in [-0.2, 0) is 14.9 Å². The van der Waals surface area contributed by atoms with Crippen LogP contribution < -0.4 is 4.28 Å². The van der Waals surface area contributed by atoms with Crippen LogP contribution >= 0.6 is 0 Å². The lowest BCUT2D eigenvalue weighted by molar-refractivity contribution is 0.197. The minimum absolute atomic E-state index is 0.0253. The van der Waals surface area contributed by atoms with Gasteiger partial charge in [0.15, 0.2) is 0 Å². The molecule has 2 aliphatic carbocycles. The van der Waals surface area contributed by atoms with Gasteiger partial charge in [-0.05, 0) is 30.7 Å². The quantitative estimate of drug-likeness (QED) is 0.805. The third-order valence-electron chi connectivity index (χ3n) is 5.04. The molecule has 0 amide bonds. The summed E-state index contributed by atoms with van der Waals surface area (Å²) in [6.45, 7) is 0. The van der Waals surface area contributed by atoms with Crippen molar-refractivity contribution in [3.63, 3.8) is 0 Å². The Morgan fingerprint density at radius 3 is 2.17 bits per heavy atom. The molecule has 24 heavy (non-hydrogen) atoms. The number of hydrogen-bond acceptors (Lipinski definition) is 6. The van der Waals surface area contributed by atoms with Crippen LogP contribution in [0.1, 0.15) is 29.4 Å². The highest BCUT2D eigenvalue weighted by molar-refractivity contribution is 7.87. The molecule has 2 heterocycles. The predicted octanol–water partition coefficient (Wildman–Crippen LogP) is 1.21. The standard InChI is InChI=1S/C15H12FNO6S/c16-6-1-3-7(4-2-6)24(20,21)23-17-14(18)10-8-5-9(11(10)15(17)19)13-12(8)22-13/h1-4,8-9,12-13,18-19H,5H2. The van der Waals surface area contributed by atoms with Crippen LogP contribution in [0.2, 0.25) is 0 Å². The molecule has 4 atom stereocenters. The summed E-state index contributed by atoms with van der Waals surface area (Å²) in [5, 5.41) is 20.7. The van der Waals surface area contributed by atoms with E-state index in [9.17, 15) is 23.0 Å². The molecule has 9 heteroatoms. The molecule has 126 valence electrons. The van der Waals surface area contributed by atoms with Gasteiger partial charge in [-0.2, -0.15) is 8.42 Å². The van der Waals surface area contributed by atoms with Crippen LogP contribution in [0.5, 0.6) is 11.8 Å². The first-order valence-corrected chi connectivity index (χ1v) is 8.81. The first kappa shape index (κ1) is 14.1. The van der Waals surface area contributed by atoms with Gasteiger partial charge in [-0.25, -0.2) is 4.39 Å². The summed E-state index contributed by atoms with van der Waals surface area (Å²) in [6, 6.07) is 4.05. The van der Waals surface area contributed by atoms with Crippen LogP contribution in [0.4, 0.5) is 4.39 Å². The van der Waals surface area contributed by atoms with E-state index in [-0.39, 0.29) is 28.9 Å². The van der Waals surface area contributed by atoms with Crippen LogP contribution in [0.3, 0.4) is 0 Å². The van der Waals surface area contributed by atoms with Crippen LogP contribution in [0.15, 0.2) is 29.2 Å². The Morgan fingerprint density at radius 2 is 1.62 bits per heavy atom. The van der Waals surface area contributed by atoms with E-state index in [4.69, 9.17) is 9.02 Å². The van der Waals surface area contributed by atoms with Crippen LogP contribution in [0.25, 0.3) is 0 Å². The lowest BCUT2D eigenvalue weighted by Gasteiger charge is -2.11. The molecular weight excluding hydrogens is 341 g/mol. The summed E-state index contributed by atoms with van der Waals surface area (Å²) in [5.74, 6) is -1.57. The Hall–Kier alpha value is -2.26. The van der Waals surface area contributed by atoms with Crippen molar-refractivity contribution < 1.29 is 32.0 Å². The van der Waals surface area contributed by atoms with Gasteiger partial charge in [0.05, 0.1) is 12.2 Å². The fraction of sp³-hybridized carbons (Fsp3) is 0.333. The number of hydrogen-bond donors (Lipinski definition) is 2. The SMILES string of the molecule is O=S(=O)(On1c(O)c2c(c1O)C1CC2C2OC12)c1ccc(F)cc1. The molecule has 0 spiro atoms. The number of rotatable bonds is 3. The number of epoxide rings is 1. The van der Waals surface area contributed by atoms with Crippen molar-refractivity contribution in [1.82, 2.24) is 4.73 Å². The zero-order valence-corrected chi connectivity index (χ0v) is 12.9. The third-order valence-corrected chi connectivity index (χ3v) is 6.23. The Kier molecular flexibility index (Phi) is 2.48. The zero-order chi connectivity index (χ0) is 16.8. The Balaban J connectivity index is 1.55. The molecule has 3 aliphatic rings. The minimum atomic E-state index is -4.33. The molecular formula is C15H12FNO6S. The van der Waals surface area contributed by atoms with Crippen molar-refractivity contribution in [3.05, 3.63) is 41.2 Å². The fourth-order valence-corrected chi connectivity index (χ4v) is 4.89. The summed E-state index contributed by atoms with van der Waals surface area (Å²) in [6.07, 6.45) is 0.821. The van der Waals surface area contributed by atoms with Crippen LogP contribution in [0, 0.1) is 5.82 Å². The highest BCUT2D eigenvalue weighted by atomic mass is 32.2. The number of fused-ring (bicyclic) bond motifs is 8. The first-order chi connectivity index (χ1) is 11.4. The topological polar surface area (TPSA) is 101 Å². The highest BCUT2D eigenvalue weighted by Crippen LogP contribution is 2.66. The van der Waals surface area contributed by atoms with E-state index in [1.165, 1.54) is 0 Å². The summed E-state index contributed by atoms with van der Waals surface area (Å²) in [5.41, 5.74) is 0.983. The van der Waals surface area contributed by atoms with Crippen molar-refractivity contribution in [2.75, 3.05) is 0 Å². The molecule has 2 bridgehead atoms. The molecule has 2 N–H and O–H groups in total. The largest absolute Gasteiger partial charge is 0.492 e. The number of aromatic nitrogens is 1. The number of halogens is 1. The summed E-state index contributed by atoms with van der Waals surface area (Å²) < 4.78 is 48.4. The maximum absolute atomic E-state index is 12.9. The number of benzene rings is 1. The van der Waals surface area contributed by atoms with E-state index >= 15 is 0 Å². The van der Waals surface area contributed by atoms with Gasteiger partial charge >= 0.3 is 10.1 Å². The Bertz CT molecular complexity index is 929. The number of ether oxygens (including phenoxy) is 1. The Morgan fingerprint density at radius 1 is 1.08 bits per heavy atom. The molecule has 4 unspecified atom stereocenters. The van der Waals surface area contributed by atoms with Gasteiger partial charge in [0.25, 0.3) is 0 Å². The third kappa shape index (κ3) is 1.65. The predicted molar refractivity (Wildman–Crippen MR) is 76.7 cm³/mol. The van der Waals surface area contributed by atoms with Gasteiger partial charge in [-0.15, -0.1) is 0 Å². The smallest absolute Gasteiger partial charge is 0.357 e. The maximum Gasteiger partial charge on any atom is 0.357 e. The van der Waals surface area contributed by atoms with Crippen molar-refractivity contribution in [1.29, 1.82) is 0 Å². The Labute approximate surface area is 135 Å². The van der Waals surface area contributed by atoms with E-state index in [2.05, 4.69) is 0 Å². The molecule has 1 aromatic heterocycles. The molecule has 1 aromatic carbocycles. The highest BCUT2D eigenvalue weighted by Gasteiger charge is 2.65. The average molecular weight is 353 g/mol. The van der Waals surface area contributed by atoms with E-state index in [1.54, 1.807) is 0 Å². The zero-order valence-electron chi connectivity index (χ0n) is 12.1. The average Bonchev–Trinajstić information content (AvgIpc) is 3.08. The second-order valence-electron chi connectivity index (χ2n) is 6.27. The number of aromatic hydroxyl groups is 2. The van der Waals surface area contributed by atoms with E-state index in [0.717, 1.165) is 30.7 Å². The molecule has 5 rings (SSSR count). The molecule has 0 radical (unpaired) electrons. The molecule has 2 aromatic rings. The number of nitrogens with zero attached hydrogens (tertiary/aromatic N) is 1. The molecule has 7 nitrogen and oxygen atoms in total. The monoisotopic (exact) mass is 353 g/mol. The van der Waals surface area contributed by atoms with Gasteiger partial charge in [-0.1, -0.05) is 4.73 Å². The van der Waals surface area contributed by atoms with Gasteiger partial charge in [-0.3, -0.25) is 4.28 Å². The van der Waals surface area contributed by atoms with Crippen molar-refractivity contribution in [2.24, 2.45) is 0 Å². The molecule has 1 saturated carbocycles. The van der Waals surface area contributed by atoms with Crippen molar-refractivity contribution >= 4 is 10.1 Å². The maximum atomic E-state index is 12.9. The van der Waals surface area contributed by atoms with E-state index in [1.807, 2.05) is 0 Å². The van der Waals surface area contributed by atoms with Gasteiger partial charge < -0.3 is 14.9 Å². The normalized spacial score (nSPS) is 29.4. The van der Waals surface area contributed by atoms with Crippen molar-refractivity contribution in [3.8, 4) is 11.8 Å². The lowest BCUT2D eigenvalue weighted by Crippen LogP contribution is -2.20. The summed E-state index contributed by atoms with van der Waals surface area (Å²) >= 11 is 0. The molecule has 1 saturated heterocycles. The first-order valence-electron chi connectivity index (χ1n) is 7.41. The fourth-order valence-electron chi connectivity index (χ4n) is 3.99. The molecule has 2 fully saturated rings. The second-order valence-corrected chi connectivity index (χ2v) is 7.79.